The number of carbonyl (C=O) groups excluding carboxylic acids is 1. The SMILES string of the molecule is [C-]#[N+]c1c(-c2ccc(-c3cc4ccccc4s3)cc2)nc(SCc2cccc(NC(=O)c3ccc(Cl)c(Cl)c3)c2)[nH]c1=O. The molecule has 0 fully saturated rings. The van der Waals surface area contributed by atoms with Gasteiger partial charge in [-0.1, -0.05) is 89.6 Å². The molecule has 0 aliphatic heterocycles. The molecule has 10 heteroatoms. The van der Waals surface area contributed by atoms with Crippen LogP contribution in [0.1, 0.15) is 15.9 Å². The number of fused-ring (bicyclic) bond motifs is 1. The van der Waals surface area contributed by atoms with Crippen LogP contribution in [0.4, 0.5) is 11.4 Å². The third-order valence-electron chi connectivity index (χ3n) is 6.60. The van der Waals surface area contributed by atoms with E-state index in [0.29, 0.717) is 43.5 Å². The van der Waals surface area contributed by atoms with Crippen LogP contribution in [0.3, 0.4) is 0 Å². The fraction of sp³-hybridized carbons (Fsp3) is 0.0303. The molecule has 6 rings (SSSR count). The molecule has 0 atom stereocenters. The maximum Gasteiger partial charge on any atom is 0.276 e. The first-order valence-corrected chi connectivity index (χ1v) is 15.5. The number of carbonyl (C=O) groups is 1. The summed E-state index contributed by atoms with van der Waals surface area (Å²) in [6.45, 7) is 7.60. The van der Waals surface area contributed by atoms with Crippen molar-refractivity contribution in [3.8, 4) is 21.7 Å². The second-order valence-electron chi connectivity index (χ2n) is 9.48. The fourth-order valence-electron chi connectivity index (χ4n) is 4.47. The number of thioether (sulfide) groups is 1. The summed E-state index contributed by atoms with van der Waals surface area (Å²) in [5.41, 5.74) is 3.45. The fourth-order valence-corrected chi connectivity index (χ4v) is 6.64. The number of thiophene rings is 1. The molecule has 2 aromatic heterocycles. The molecule has 2 heterocycles. The Labute approximate surface area is 265 Å². The molecule has 6 aromatic rings. The number of benzene rings is 4. The first kappa shape index (κ1) is 28.7. The van der Waals surface area contributed by atoms with Gasteiger partial charge in [0.1, 0.15) is 0 Å². The Morgan fingerprint density at radius 2 is 1.72 bits per heavy atom. The van der Waals surface area contributed by atoms with Crippen LogP contribution in [0.5, 0.6) is 0 Å². The van der Waals surface area contributed by atoms with Crippen molar-refractivity contribution in [3.63, 3.8) is 0 Å². The molecule has 4 aromatic carbocycles. The summed E-state index contributed by atoms with van der Waals surface area (Å²) in [5.74, 6) is 0.160. The third kappa shape index (κ3) is 6.36. The van der Waals surface area contributed by atoms with Crippen molar-refractivity contribution in [3.05, 3.63) is 140 Å². The van der Waals surface area contributed by atoms with E-state index >= 15 is 0 Å². The molecule has 2 N–H and O–H groups in total. The molecule has 0 aliphatic rings. The quantitative estimate of drug-likeness (QED) is 0.104. The minimum atomic E-state index is -0.487. The Hall–Kier alpha value is -4.39. The molecular formula is C33H20Cl2N4O2S2. The standard InChI is InChI=1S/C33H20Cl2N4O2S2/c1-36-30-29(21-11-9-20(10-12-21)28-17-22-6-2-3-8-27(22)43-28)38-33(39-32(30)41)42-18-19-5-4-7-24(15-19)37-31(40)23-13-14-25(34)26(35)16-23/h2-17H,18H2,(H,37,40)(H,38,39,41). The van der Waals surface area contributed by atoms with Crippen molar-refractivity contribution in [1.82, 2.24) is 9.97 Å². The molecule has 6 nitrogen and oxygen atoms in total. The summed E-state index contributed by atoms with van der Waals surface area (Å²) in [6, 6.07) is 30.3. The molecule has 0 bridgehead atoms. The number of amides is 1. The molecular weight excluding hydrogens is 619 g/mol. The lowest BCUT2D eigenvalue weighted by molar-refractivity contribution is 0.102. The zero-order chi connectivity index (χ0) is 29.9. The Bertz CT molecular complexity index is 2070. The highest BCUT2D eigenvalue weighted by Crippen LogP contribution is 2.35. The van der Waals surface area contributed by atoms with Gasteiger partial charge in [-0.2, -0.15) is 0 Å². The van der Waals surface area contributed by atoms with Crippen molar-refractivity contribution < 1.29 is 4.79 Å². The van der Waals surface area contributed by atoms with Gasteiger partial charge in [-0.25, -0.2) is 9.83 Å². The van der Waals surface area contributed by atoms with Crippen molar-refractivity contribution in [2.75, 3.05) is 5.32 Å². The maximum atomic E-state index is 12.8. The predicted molar refractivity (Wildman–Crippen MR) is 178 cm³/mol. The molecule has 0 aliphatic carbocycles. The number of H-pyrrole nitrogens is 1. The molecule has 43 heavy (non-hydrogen) atoms. The number of rotatable bonds is 7. The van der Waals surface area contributed by atoms with Gasteiger partial charge in [-0.15, -0.1) is 11.3 Å². The third-order valence-corrected chi connectivity index (χ3v) is 9.44. The lowest BCUT2D eigenvalue weighted by atomic mass is 10.1. The first-order chi connectivity index (χ1) is 20.9. The summed E-state index contributed by atoms with van der Waals surface area (Å²) in [6.07, 6.45) is 0. The van der Waals surface area contributed by atoms with Gasteiger partial charge in [0, 0.05) is 26.6 Å². The maximum absolute atomic E-state index is 12.8. The van der Waals surface area contributed by atoms with E-state index in [4.69, 9.17) is 29.8 Å². The number of hydrogen-bond donors (Lipinski definition) is 2. The Balaban J connectivity index is 1.19. The highest BCUT2D eigenvalue weighted by molar-refractivity contribution is 7.98. The smallest absolute Gasteiger partial charge is 0.276 e. The van der Waals surface area contributed by atoms with Crippen molar-refractivity contribution in [1.29, 1.82) is 0 Å². The Morgan fingerprint density at radius 3 is 2.49 bits per heavy atom. The van der Waals surface area contributed by atoms with E-state index in [1.54, 1.807) is 29.5 Å². The van der Waals surface area contributed by atoms with Crippen molar-refractivity contribution >= 4 is 73.7 Å². The summed E-state index contributed by atoms with van der Waals surface area (Å²) < 4.78 is 1.22. The van der Waals surface area contributed by atoms with Crippen LogP contribution in [0, 0.1) is 6.57 Å². The zero-order valence-electron chi connectivity index (χ0n) is 22.2. The number of hydrogen-bond acceptors (Lipinski definition) is 5. The lowest BCUT2D eigenvalue weighted by Gasteiger charge is -2.09. The Morgan fingerprint density at radius 1 is 0.930 bits per heavy atom. The van der Waals surface area contributed by atoms with Gasteiger partial charge in [0.25, 0.3) is 17.2 Å². The largest absolute Gasteiger partial charge is 0.322 e. The molecule has 1 amide bonds. The van der Waals surface area contributed by atoms with Gasteiger partial charge in [-0.3, -0.25) is 9.59 Å². The van der Waals surface area contributed by atoms with E-state index in [1.807, 2.05) is 54.6 Å². The zero-order valence-corrected chi connectivity index (χ0v) is 25.4. The van der Waals surface area contributed by atoms with Crippen LogP contribution in [-0.2, 0) is 5.75 Å². The normalized spacial score (nSPS) is 10.9. The molecule has 0 saturated heterocycles. The predicted octanol–water partition coefficient (Wildman–Crippen LogP) is 9.72. The highest BCUT2D eigenvalue weighted by atomic mass is 35.5. The summed E-state index contributed by atoms with van der Waals surface area (Å²) in [7, 11) is 0. The van der Waals surface area contributed by atoms with Crippen LogP contribution >= 0.6 is 46.3 Å². The number of nitrogens with one attached hydrogen (secondary N) is 2. The molecule has 210 valence electrons. The van der Waals surface area contributed by atoms with Gasteiger partial charge in [0.2, 0.25) is 0 Å². The van der Waals surface area contributed by atoms with Gasteiger partial charge in [-0.05, 0) is 64.5 Å². The average Bonchev–Trinajstić information content (AvgIpc) is 3.46. The topological polar surface area (TPSA) is 79.2 Å². The minimum absolute atomic E-state index is 0.0500. The Kier molecular flexibility index (Phi) is 8.32. The van der Waals surface area contributed by atoms with E-state index in [9.17, 15) is 9.59 Å². The average molecular weight is 640 g/mol. The monoisotopic (exact) mass is 638 g/mol. The van der Waals surface area contributed by atoms with Crippen LogP contribution in [0.25, 0.3) is 36.6 Å². The number of aromatic amines is 1. The van der Waals surface area contributed by atoms with Crippen LogP contribution in [-0.4, -0.2) is 15.9 Å². The van der Waals surface area contributed by atoms with Gasteiger partial charge < -0.3 is 10.3 Å². The van der Waals surface area contributed by atoms with Crippen LogP contribution in [0.15, 0.2) is 107 Å². The van der Waals surface area contributed by atoms with E-state index in [-0.39, 0.29) is 11.6 Å². The number of anilines is 1. The number of halogens is 2. The molecule has 0 saturated carbocycles. The summed E-state index contributed by atoms with van der Waals surface area (Å²) in [4.78, 5) is 37.5. The van der Waals surface area contributed by atoms with E-state index in [0.717, 1.165) is 16.0 Å². The van der Waals surface area contributed by atoms with E-state index in [2.05, 4.69) is 38.3 Å². The minimum Gasteiger partial charge on any atom is -0.322 e. The van der Waals surface area contributed by atoms with Crippen LogP contribution < -0.4 is 10.9 Å². The molecule has 0 radical (unpaired) electrons. The second-order valence-corrected chi connectivity index (χ2v) is 12.3. The second kappa shape index (κ2) is 12.5. The van der Waals surface area contributed by atoms with Gasteiger partial charge in [0.05, 0.1) is 22.3 Å². The highest BCUT2D eigenvalue weighted by Gasteiger charge is 2.15. The first-order valence-electron chi connectivity index (χ1n) is 13.0. The van der Waals surface area contributed by atoms with Crippen molar-refractivity contribution in [2.45, 2.75) is 10.9 Å². The summed E-state index contributed by atoms with van der Waals surface area (Å²) in [5, 5.41) is 5.13. The number of aromatic nitrogens is 2. The molecule has 0 spiro atoms. The lowest BCUT2D eigenvalue weighted by Crippen LogP contribution is -2.12. The van der Waals surface area contributed by atoms with E-state index in [1.165, 1.54) is 27.9 Å². The molecule has 0 unspecified atom stereocenters. The van der Waals surface area contributed by atoms with Gasteiger partial charge in [0.15, 0.2) is 5.16 Å². The van der Waals surface area contributed by atoms with Crippen molar-refractivity contribution in [2.24, 2.45) is 0 Å². The van der Waals surface area contributed by atoms with Gasteiger partial charge >= 0.3 is 0 Å². The van der Waals surface area contributed by atoms with E-state index < -0.39 is 5.56 Å². The summed E-state index contributed by atoms with van der Waals surface area (Å²) >= 11 is 15.1. The number of nitrogens with zero attached hydrogens (tertiary/aromatic N) is 2. The van der Waals surface area contributed by atoms with Crippen LogP contribution in [0.2, 0.25) is 10.0 Å².